The van der Waals surface area contributed by atoms with Crippen molar-refractivity contribution in [3.8, 4) is 0 Å². The number of hydrogen-bond donors (Lipinski definition) is 1. The highest BCUT2D eigenvalue weighted by molar-refractivity contribution is 5.74. The topological polar surface area (TPSA) is 60.9 Å². The van der Waals surface area contributed by atoms with Gasteiger partial charge in [-0.3, -0.25) is 4.79 Å². The molecule has 1 aliphatic heterocycles. The summed E-state index contributed by atoms with van der Waals surface area (Å²) >= 11 is 0. The first kappa shape index (κ1) is 14.8. The van der Waals surface area contributed by atoms with E-state index in [1.807, 2.05) is 7.05 Å². The largest absolute Gasteiger partial charge is 0.481 e. The van der Waals surface area contributed by atoms with E-state index in [1.165, 1.54) is 0 Å². The molecule has 0 spiro atoms. The Morgan fingerprint density at radius 1 is 1.44 bits per heavy atom. The fraction of sp³-hybridized carbons (Fsp3) is 0.846. The summed E-state index contributed by atoms with van der Waals surface area (Å²) in [5, 5.41) is 8.80. The highest BCUT2D eigenvalue weighted by atomic mass is 16.4. The van der Waals surface area contributed by atoms with Crippen molar-refractivity contribution >= 4 is 12.0 Å². The Labute approximate surface area is 109 Å². The number of carboxylic acid groups (broad SMARTS) is 1. The highest BCUT2D eigenvalue weighted by Gasteiger charge is 2.26. The van der Waals surface area contributed by atoms with Crippen molar-refractivity contribution in [3.05, 3.63) is 0 Å². The molecule has 0 aliphatic carbocycles. The van der Waals surface area contributed by atoms with Gasteiger partial charge in [0.05, 0.1) is 0 Å². The molecular formula is C13H24N2O3. The Morgan fingerprint density at radius 2 is 2.17 bits per heavy atom. The molecule has 0 aromatic rings. The minimum atomic E-state index is -0.770. The van der Waals surface area contributed by atoms with Gasteiger partial charge in [-0.1, -0.05) is 13.3 Å². The molecule has 1 aliphatic rings. The molecule has 104 valence electrons. The molecule has 1 N–H and O–H groups in total. The van der Waals surface area contributed by atoms with Gasteiger partial charge >= 0.3 is 12.0 Å². The number of unbranched alkanes of at least 4 members (excludes halogenated alkanes) is 1. The summed E-state index contributed by atoms with van der Waals surface area (Å²) in [6, 6.07) is 0.0403. The first-order chi connectivity index (χ1) is 8.54. The summed E-state index contributed by atoms with van der Waals surface area (Å²) in [7, 11) is 1.82. The Morgan fingerprint density at radius 3 is 2.78 bits per heavy atom. The molecular weight excluding hydrogens is 232 g/mol. The van der Waals surface area contributed by atoms with E-state index in [9.17, 15) is 9.59 Å². The second-order valence-corrected chi connectivity index (χ2v) is 5.11. The third-order valence-corrected chi connectivity index (χ3v) is 3.43. The molecule has 0 aromatic heterocycles. The molecule has 0 saturated carbocycles. The van der Waals surface area contributed by atoms with Gasteiger partial charge in [-0.15, -0.1) is 0 Å². The molecule has 5 nitrogen and oxygen atoms in total. The first-order valence-electron chi connectivity index (χ1n) is 6.76. The lowest BCUT2D eigenvalue weighted by Gasteiger charge is -2.34. The predicted octanol–water partition coefficient (Wildman–Crippen LogP) is 2.03. The second kappa shape index (κ2) is 7.24. The van der Waals surface area contributed by atoms with Crippen LogP contribution in [0, 0.1) is 5.92 Å². The highest BCUT2D eigenvalue weighted by Crippen LogP contribution is 2.20. The zero-order chi connectivity index (χ0) is 13.5. The number of aliphatic carboxylic acids is 1. The molecule has 1 atom stereocenters. The quantitative estimate of drug-likeness (QED) is 0.818. The summed E-state index contributed by atoms with van der Waals surface area (Å²) in [6.45, 7) is 4.21. The van der Waals surface area contributed by atoms with Gasteiger partial charge in [0.15, 0.2) is 0 Å². The van der Waals surface area contributed by atoms with E-state index >= 15 is 0 Å². The minimum Gasteiger partial charge on any atom is -0.481 e. The number of urea groups is 1. The van der Waals surface area contributed by atoms with Crippen LogP contribution >= 0.6 is 0 Å². The van der Waals surface area contributed by atoms with Crippen LogP contribution in [0.5, 0.6) is 0 Å². The molecule has 1 unspecified atom stereocenters. The van der Waals surface area contributed by atoms with Crippen LogP contribution in [0.1, 0.15) is 39.0 Å². The Hall–Kier alpha value is -1.26. The zero-order valence-electron chi connectivity index (χ0n) is 11.4. The number of carboxylic acids is 1. The summed E-state index contributed by atoms with van der Waals surface area (Å²) in [6.07, 6.45) is 4.07. The van der Waals surface area contributed by atoms with E-state index in [0.717, 1.165) is 38.8 Å². The minimum absolute atomic E-state index is 0.0403. The SMILES string of the molecule is CCCCN(C)C(=O)N1CCCC(CC(=O)O)C1. The first-order valence-corrected chi connectivity index (χ1v) is 6.76. The van der Waals surface area contributed by atoms with Gasteiger partial charge in [-0.25, -0.2) is 4.79 Å². The maximum Gasteiger partial charge on any atom is 0.319 e. The lowest BCUT2D eigenvalue weighted by molar-refractivity contribution is -0.138. The number of piperidine rings is 1. The van der Waals surface area contributed by atoms with E-state index in [4.69, 9.17) is 5.11 Å². The van der Waals surface area contributed by atoms with Gasteiger partial charge in [0.25, 0.3) is 0 Å². The van der Waals surface area contributed by atoms with Crippen LogP contribution in [-0.4, -0.2) is 53.6 Å². The molecule has 1 rings (SSSR count). The number of amides is 2. The van der Waals surface area contributed by atoms with E-state index in [1.54, 1.807) is 9.80 Å². The average Bonchev–Trinajstić information content (AvgIpc) is 2.34. The number of carbonyl (C=O) groups excluding carboxylic acids is 1. The predicted molar refractivity (Wildman–Crippen MR) is 69.5 cm³/mol. The van der Waals surface area contributed by atoms with E-state index in [0.29, 0.717) is 6.54 Å². The van der Waals surface area contributed by atoms with Crippen LogP contribution in [0.2, 0.25) is 0 Å². The van der Waals surface area contributed by atoms with Crippen LogP contribution in [0.3, 0.4) is 0 Å². The molecule has 0 aromatic carbocycles. The van der Waals surface area contributed by atoms with Crippen molar-refractivity contribution in [2.24, 2.45) is 5.92 Å². The van der Waals surface area contributed by atoms with Crippen molar-refractivity contribution in [3.63, 3.8) is 0 Å². The molecule has 1 fully saturated rings. The normalized spacial score (nSPS) is 19.7. The van der Waals surface area contributed by atoms with Crippen LogP contribution in [0.25, 0.3) is 0 Å². The molecule has 5 heteroatoms. The van der Waals surface area contributed by atoms with Crippen molar-refractivity contribution in [1.29, 1.82) is 0 Å². The Balaban J connectivity index is 2.44. The number of nitrogens with zero attached hydrogens (tertiary/aromatic N) is 2. The number of carbonyl (C=O) groups is 2. The maximum atomic E-state index is 12.1. The van der Waals surface area contributed by atoms with Gasteiger partial charge in [0.2, 0.25) is 0 Å². The van der Waals surface area contributed by atoms with Crippen LogP contribution in [0.15, 0.2) is 0 Å². The fourth-order valence-electron chi connectivity index (χ4n) is 2.38. The van der Waals surface area contributed by atoms with Gasteiger partial charge in [-0.05, 0) is 25.2 Å². The second-order valence-electron chi connectivity index (χ2n) is 5.11. The van der Waals surface area contributed by atoms with Crippen LogP contribution in [-0.2, 0) is 4.79 Å². The molecule has 0 bridgehead atoms. The average molecular weight is 256 g/mol. The monoisotopic (exact) mass is 256 g/mol. The molecule has 2 amide bonds. The maximum absolute atomic E-state index is 12.1. The number of rotatable bonds is 5. The van der Waals surface area contributed by atoms with Gasteiger partial charge < -0.3 is 14.9 Å². The van der Waals surface area contributed by atoms with E-state index in [-0.39, 0.29) is 18.4 Å². The zero-order valence-corrected chi connectivity index (χ0v) is 11.4. The lowest BCUT2D eigenvalue weighted by Crippen LogP contribution is -2.46. The molecule has 1 heterocycles. The summed E-state index contributed by atoms with van der Waals surface area (Å²) in [5.74, 6) is -0.659. The van der Waals surface area contributed by atoms with Crippen molar-refractivity contribution in [2.45, 2.75) is 39.0 Å². The third kappa shape index (κ3) is 4.55. The van der Waals surface area contributed by atoms with Gasteiger partial charge in [0.1, 0.15) is 0 Å². The smallest absolute Gasteiger partial charge is 0.319 e. The number of likely N-dealkylation sites (tertiary alicyclic amines) is 1. The van der Waals surface area contributed by atoms with Crippen LogP contribution < -0.4 is 0 Å². The van der Waals surface area contributed by atoms with Crippen molar-refractivity contribution < 1.29 is 14.7 Å². The molecule has 18 heavy (non-hydrogen) atoms. The summed E-state index contributed by atoms with van der Waals surface area (Å²) < 4.78 is 0. The fourth-order valence-corrected chi connectivity index (χ4v) is 2.38. The summed E-state index contributed by atoms with van der Waals surface area (Å²) in [4.78, 5) is 26.4. The standard InChI is InChI=1S/C13H24N2O3/c1-3-4-7-14(2)13(18)15-8-5-6-11(10-15)9-12(16)17/h11H,3-10H2,1-2H3,(H,16,17). The van der Waals surface area contributed by atoms with E-state index in [2.05, 4.69) is 6.92 Å². The summed E-state index contributed by atoms with van der Waals surface area (Å²) in [5.41, 5.74) is 0. The van der Waals surface area contributed by atoms with Crippen molar-refractivity contribution in [1.82, 2.24) is 9.80 Å². The van der Waals surface area contributed by atoms with Gasteiger partial charge in [0, 0.05) is 33.1 Å². The number of hydrogen-bond acceptors (Lipinski definition) is 2. The Kier molecular flexibility index (Phi) is 5.95. The molecule has 1 saturated heterocycles. The van der Waals surface area contributed by atoms with Crippen LogP contribution in [0.4, 0.5) is 4.79 Å². The van der Waals surface area contributed by atoms with Crippen molar-refractivity contribution in [2.75, 3.05) is 26.7 Å². The Bertz CT molecular complexity index is 294. The third-order valence-electron chi connectivity index (χ3n) is 3.43. The van der Waals surface area contributed by atoms with E-state index < -0.39 is 5.97 Å². The lowest BCUT2D eigenvalue weighted by atomic mass is 9.95. The van der Waals surface area contributed by atoms with Gasteiger partial charge in [-0.2, -0.15) is 0 Å². The molecule has 0 radical (unpaired) electrons.